The first-order chi connectivity index (χ1) is 5.65. The number of nitrogens with zero attached hydrogens (tertiary/aromatic N) is 1. The Morgan fingerprint density at radius 2 is 2.33 bits per heavy atom. The molecule has 64 valence electrons. The van der Waals surface area contributed by atoms with Crippen molar-refractivity contribution in [2.45, 2.75) is 13.0 Å². The number of anilines is 1. The molecule has 1 atom stereocenters. The Morgan fingerprint density at radius 3 is 2.83 bits per heavy atom. The molecule has 1 heterocycles. The summed E-state index contributed by atoms with van der Waals surface area (Å²) in [4.78, 5) is 3.96. The second-order valence-corrected chi connectivity index (χ2v) is 2.73. The number of pyridine rings is 1. The van der Waals surface area contributed by atoms with Crippen molar-refractivity contribution in [3.05, 3.63) is 36.0 Å². The van der Waals surface area contributed by atoms with Crippen molar-refractivity contribution in [1.82, 2.24) is 4.98 Å². The highest BCUT2D eigenvalue weighted by molar-refractivity contribution is 5.38. The van der Waals surface area contributed by atoms with E-state index in [2.05, 4.69) is 11.6 Å². The molecule has 1 aromatic heterocycles. The number of hydrogen-bond acceptors (Lipinski definition) is 3. The van der Waals surface area contributed by atoms with E-state index in [1.54, 1.807) is 18.3 Å². The van der Waals surface area contributed by atoms with Crippen LogP contribution < -0.4 is 11.5 Å². The van der Waals surface area contributed by atoms with Crippen molar-refractivity contribution >= 4 is 5.82 Å². The number of nitrogen functional groups attached to an aromatic ring is 1. The van der Waals surface area contributed by atoms with Gasteiger partial charge in [-0.3, -0.25) is 0 Å². The first-order valence-corrected chi connectivity index (χ1v) is 3.75. The maximum Gasteiger partial charge on any atom is 0.123 e. The Hall–Kier alpha value is -1.35. The van der Waals surface area contributed by atoms with Gasteiger partial charge in [0.05, 0.1) is 0 Å². The second kappa shape index (κ2) is 3.36. The normalized spacial score (nSPS) is 12.5. The van der Waals surface area contributed by atoms with Crippen LogP contribution in [0, 0.1) is 6.92 Å². The molecule has 3 heteroatoms. The Kier molecular flexibility index (Phi) is 2.45. The van der Waals surface area contributed by atoms with Crippen LogP contribution in [-0.4, -0.2) is 4.98 Å². The van der Waals surface area contributed by atoms with Gasteiger partial charge in [-0.2, -0.15) is 0 Å². The smallest absolute Gasteiger partial charge is 0.123 e. The number of aryl methyl sites for hydroxylation is 1. The molecule has 0 saturated heterocycles. The minimum atomic E-state index is -0.155. The van der Waals surface area contributed by atoms with Gasteiger partial charge in [-0.15, -0.1) is 6.58 Å². The average molecular weight is 163 g/mol. The Labute approximate surface area is 72.1 Å². The molecule has 0 saturated carbocycles. The Balaban J connectivity index is 3.09. The molecule has 3 nitrogen and oxygen atoms in total. The molecule has 0 unspecified atom stereocenters. The zero-order chi connectivity index (χ0) is 9.14. The van der Waals surface area contributed by atoms with E-state index >= 15 is 0 Å². The minimum absolute atomic E-state index is 0.155. The number of rotatable bonds is 2. The highest BCUT2D eigenvalue weighted by Crippen LogP contribution is 2.16. The van der Waals surface area contributed by atoms with E-state index in [0.29, 0.717) is 5.82 Å². The van der Waals surface area contributed by atoms with Crippen molar-refractivity contribution in [2.75, 3.05) is 5.73 Å². The topological polar surface area (TPSA) is 64.9 Å². The van der Waals surface area contributed by atoms with E-state index < -0.39 is 0 Å². The van der Waals surface area contributed by atoms with E-state index in [-0.39, 0.29) is 6.04 Å². The zero-order valence-corrected chi connectivity index (χ0v) is 7.12. The predicted molar refractivity (Wildman–Crippen MR) is 50.5 cm³/mol. The van der Waals surface area contributed by atoms with Crippen molar-refractivity contribution < 1.29 is 0 Å². The van der Waals surface area contributed by atoms with Crippen LogP contribution in [-0.2, 0) is 0 Å². The molecule has 1 rings (SSSR count). The highest BCUT2D eigenvalue weighted by Gasteiger charge is 2.04. The van der Waals surface area contributed by atoms with E-state index in [9.17, 15) is 0 Å². The summed E-state index contributed by atoms with van der Waals surface area (Å²) in [6.07, 6.45) is 3.37. The zero-order valence-electron chi connectivity index (χ0n) is 7.12. The van der Waals surface area contributed by atoms with Crippen LogP contribution >= 0.6 is 0 Å². The van der Waals surface area contributed by atoms with E-state index in [1.165, 1.54) is 0 Å². The summed E-state index contributed by atoms with van der Waals surface area (Å²) in [6.45, 7) is 5.57. The standard InChI is InChI=1S/C9H13N3/c1-3-8(10)7-5-12-9(11)4-6(7)2/h3-5,8H,1,10H2,2H3,(H2,11,12)/t8-/m1/s1. The van der Waals surface area contributed by atoms with Gasteiger partial charge < -0.3 is 11.5 Å². The Morgan fingerprint density at radius 1 is 1.67 bits per heavy atom. The van der Waals surface area contributed by atoms with Crippen LogP contribution in [0.4, 0.5) is 5.82 Å². The first kappa shape index (κ1) is 8.74. The molecule has 4 N–H and O–H groups in total. The van der Waals surface area contributed by atoms with Gasteiger partial charge in [-0.25, -0.2) is 4.98 Å². The fraction of sp³-hybridized carbons (Fsp3) is 0.222. The van der Waals surface area contributed by atoms with Gasteiger partial charge >= 0.3 is 0 Å². The van der Waals surface area contributed by atoms with Crippen molar-refractivity contribution in [2.24, 2.45) is 5.73 Å². The summed E-state index contributed by atoms with van der Waals surface area (Å²) < 4.78 is 0. The molecule has 0 bridgehead atoms. The Bertz CT molecular complexity index is 294. The van der Waals surface area contributed by atoms with Gasteiger partial charge in [0.15, 0.2) is 0 Å². The van der Waals surface area contributed by atoms with Crippen LogP contribution in [0.25, 0.3) is 0 Å². The molecule has 0 spiro atoms. The highest BCUT2D eigenvalue weighted by atomic mass is 14.8. The number of nitrogens with two attached hydrogens (primary N) is 2. The summed E-state index contributed by atoms with van der Waals surface area (Å²) in [5.41, 5.74) is 13.3. The lowest BCUT2D eigenvalue weighted by atomic mass is 10.1. The summed E-state index contributed by atoms with van der Waals surface area (Å²) in [7, 11) is 0. The maximum absolute atomic E-state index is 5.75. The fourth-order valence-corrected chi connectivity index (χ4v) is 1.06. The predicted octanol–water partition coefficient (Wildman–Crippen LogP) is 1.16. The summed E-state index contributed by atoms with van der Waals surface area (Å²) in [6, 6.07) is 1.65. The lowest BCUT2D eigenvalue weighted by molar-refractivity contribution is 0.892. The summed E-state index contributed by atoms with van der Waals surface area (Å²) in [5.74, 6) is 0.521. The van der Waals surface area contributed by atoms with Crippen LogP contribution in [0.1, 0.15) is 17.2 Å². The van der Waals surface area contributed by atoms with Crippen molar-refractivity contribution in [1.29, 1.82) is 0 Å². The van der Waals surface area contributed by atoms with Crippen LogP contribution in [0.3, 0.4) is 0 Å². The molecule has 0 aromatic carbocycles. The third kappa shape index (κ3) is 1.62. The van der Waals surface area contributed by atoms with Gasteiger partial charge in [0.25, 0.3) is 0 Å². The molecular weight excluding hydrogens is 150 g/mol. The fourth-order valence-electron chi connectivity index (χ4n) is 1.06. The third-order valence-electron chi connectivity index (χ3n) is 1.79. The van der Waals surface area contributed by atoms with Gasteiger partial charge in [-0.05, 0) is 24.1 Å². The van der Waals surface area contributed by atoms with Crippen LogP contribution in [0.2, 0.25) is 0 Å². The number of aromatic nitrogens is 1. The summed E-state index contributed by atoms with van der Waals surface area (Å²) >= 11 is 0. The quantitative estimate of drug-likeness (QED) is 0.643. The molecule has 0 aliphatic heterocycles. The second-order valence-electron chi connectivity index (χ2n) is 2.73. The van der Waals surface area contributed by atoms with Crippen LogP contribution in [0.15, 0.2) is 24.9 Å². The van der Waals surface area contributed by atoms with Crippen molar-refractivity contribution in [3.8, 4) is 0 Å². The third-order valence-corrected chi connectivity index (χ3v) is 1.79. The van der Waals surface area contributed by atoms with Gasteiger partial charge in [0.1, 0.15) is 5.82 Å². The largest absolute Gasteiger partial charge is 0.384 e. The molecule has 12 heavy (non-hydrogen) atoms. The first-order valence-electron chi connectivity index (χ1n) is 3.75. The van der Waals surface area contributed by atoms with E-state index in [4.69, 9.17) is 11.5 Å². The van der Waals surface area contributed by atoms with Gasteiger partial charge in [0.2, 0.25) is 0 Å². The molecule has 0 radical (unpaired) electrons. The van der Waals surface area contributed by atoms with Gasteiger partial charge in [-0.1, -0.05) is 6.08 Å². The van der Waals surface area contributed by atoms with Crippen molar-refractivity contribution in [3.63, 3.8) is 0 Å². The van der Waals surface area contributed by atoms with Crippen LogP contribution in [0.5, 0.6) is 0 Å². The monoisotopic (exact) mass is 163 g/mol. The number of hydrogen-bond donors (Lipinski definition) is 2. The lowest BCUT2D eigenvalue weighted by Gasteiger charge is -2.09. The molecule has 0 aliphatic rings. The van der Waals surface area contributed by atoms with E-state index in [1.807, 2.05) is 6.92 Å². The maximum atomic E-state index is 5.75. The van der Waals surface area contributed by atoms with Gasteiger partial charge in [0, 0.05) is 12.2 Å². The molecule has 0 amide bonds. The van der Waals surface area contributed by atoms with E-state index in [0.717, 1.165) is 11.1 Å². The molecular formula is C9H13N3. The SMILES string of the molecule is C=C[C@@H](N)c1cnc(N)cc1C. The minimum Gasteiger partial charge on any atom is -0.384 e. The summed E-state index contributed by atoms with van der Waals surface area (Å²) in [5, 5.41) is 0. The molecule has 1 aromatic rings. The molecule has 0 fully saturated rings. The average Bonchev–Trinajstić information content (AvgIpc) is 2.03. The molecule has 0 aliphatic carbocycles. The lowest BCUT2D eigenvalue weighted by Crippen LogP contribution is -2.09.